The van der Waals surface area contributed by atoms with E-state index in [1.54, 1.807) is 18.0 Å². The summed E-state index contributed by atoms with van der Waals surface area (Å²) in [6, 6.07) is 4.31. The first kappa shape index (κ1) is 14.2. The van der Waals surface area contributed by atoms with Crippen LogP contribution >= 0.6 is 11.6 Å². The van der Waals surface area contributed by atoms with E-state index < -0.39 is 0 Å². The van der Waals surface area contributed by atoms with E-state index in [9.17, 15) is 9.18 Å². The molecule has 1 amide bonds. The molecule has 0 saturated carbocycles. The van der Waals surface area contributed by atoms with Crippen LogP contribution in [0.4, 0.5) is 4.39 Å². The first-order valence-electron chi connectivity index (χ1n) is 6.16. The standard InChI is InChI=1S/C13H17ClFN3O/c1-8-11(6-16-17-8)13(19)18(2)7-9-3-4-10(15)5-12(9)14/h3-5,8,11,16-17H,6-7H2,1-2H3. The zero-order valence-corrected chi connectivity index (χ0v) is 11.7. The van der Waals surface area contributed by atoms with Gasteiger partial charge in [-0.25, -0.2) is 4.39 Å². The number of hydrogen-bond donors (Lipinski definition) is 2. The molecule has 1 fully saturated rings. The Morgan fingerprint density at radius 1 is 1.58 bits per heavy atom. The Bertz CT molecular complexity index is 483. The largest absolute Gasteiger partial charge is 0.341 e. The van der Waals surface area contributed by atoms with Crippen molar-refractivity contribution >= 4 is 17.5 Å². The Morgan fingerprint density at radius 3 is 2.89 bits per heavy atom. The third kappa shape index (κ3) is 3.23. The van der Waals surface area contributed by atoms with Crippen LogP contribution in [0.15, 0.2) is 18.2 Å². The van der Waals surface area contributed by atoms with Gasteiger partial charge in [0.1, 0.15) is 5.82 Å². The maximum atomic E-state index is 13.0. The van der Waals surface area contributed by atoms with E-state index in [0.29, 0.717) is 18.1 Å². The summed E-state index contributed by atoms with van der Waals surface area (Å²) in [7, 11) is 1.73. The zero-order valence-electron chi connectivity index (χ0n) is 10.9. The predicted molar refractivity (Wildman–Crippen MR) is 72.0 cm³/mol. The van der Waals surface area contributed by atoms with Crippen molar-refractivity contribution in [1.82, 2.24) is 15.8 Å². The maximum Gasteiger partial charge on any atom is 0.228 e. The van der Waals surface area contributed by atoms with Crippen molar-refractivity contribution < 1.29 is 9.18 Å². The lowest BCUT2D eigenvalue weighted by Crippen LogP contribution is -2.38. The van der Waals surface area contributed by atoms with Crippen LogP contribution in [-0.2, 0) is 11.3 Å². The molecule has 1 aliphatic rings. The predicted octanol–water partition coefficient (Wildman–Crippen LogP) is 1.55. The van der Waals surface area contributed by atoms with Crippen LogP contribution in [0.25, 0.3) is 0 Å². The second-order valence-corrected chi connectivity index (χ2v) is 5.26. The van der Waals surface area contributed by atoms with Crippen molar-refractivity contribution in [2.24, 2.45) is 5.92 Å². The van der Waals surface area contributed by atoms with Gasteiger partial charge in [0.25, 0.3) is 0 Å². The molecule has 1 heterocycles. The van der Waals surface area contributed by atoms with Gasteiger partial charge < -0.3 is 4.90 Å². The lowest BCUT2D eigenvalue weighted by atomic mass is 10.0. The molecule has 1 saturated heterocycles. The summed E-state index contributed by atoms with van der Waals surface area (Å²) in [4.78, 5) is 13.9. The monoisotopic (exact) mass is 285 g/mol. The van der Waals surface area contributed by atoms with Crippen molar-refractivity contribution in [1.29, 1.82) is 0 Å². The molecular formula is C13H17ClFN3O. The smallest absolute Gasteiger partial charge is 0.228 e. The van der Waals surface area contributed by atoms with Crippen LogP contribution in [0.3, 0.4) is 0 Å². The van der Waals surface area contributed by atoms with Crippen LogP contribution < -0.4 is 10.9 Å². The number of carbonyl (C=O) groups is 1. The number of hydrazine groups is 1. The highest BCUT2D eigenvalue weighted by molar-refractivity contribution is 6.31. The molecule has 1 aromatic carbocycles. The van der Waals surface area contributed by atoms with Crippen molar-refractivity contribution in [3.05, 3.63) is 34.6 Å². The number of carbonyl (C=O) groups excluding carboxylic acids is 1. The molecular weight excluding hydrogens is 269 g/mol. The molecule has 0 radical (unpaired) electrons. The van der Waals surface area contributed by atoms with Gasteiger partial charge in [0.15, 0.2) is 0 Å². The molecule has 4 nitrogen and oxygen atoms in total. The molecule has 0 aromatic heterocycles. The minimum absolute atomic E-state index is 0.0467. The first-order chi connectivity index (χ1) is 8.99. The molecule has 2 atom stereocenters. The highest BCUT2D eigenvalue weighted by Gasteiger charge is 2.31. The molecule has 1 aromatic rings. The topological polar surface area (TPSA) is 44.4 Å². The molecule has 2 N–H and O–H groups in total. The average Bonchev–Trinajstić information content (AvgIpc) is 2.78. The SMILES string of the molecule is CC1NNCC1C(=O)N(C)Cc1ccc(F)cc1Cl. The van der Waals surface area contributed by atoms with Gasteiger partial charge in [-0.05, 0) is 24.6 Å². The molecule has 0 aliphatic carbocycles. The Labute approximate surface area is 116 Å². The van der Waals surface area contributed by atoms with Gasteiger partial charge in [-0.2, -0.15) is 0 Å². The summed E-state index contributed by atoms with van der Waals surface area (Å²) in [5.74, 6) is -0.421. The zero-order chi connectivity index (χ0) is 14.0. The van der Waals surface area contributed by atoms with Crippen molar-refractivity contribution in [3.63, 3.8) is 0 Å². The fraction of sp³-hybridized carbons (Fsp3) is 0.462. The second-order valence-electron chi connectivity index (χ2n) is 4.85. The van der Waals surface area contributed by atoms with Gasteiger partial charge in [0.05, 0.1) is 5.92 Å². The van der Waals surface area contributed by atoms with Crippen molar-refractivity contribution in [2.45, 2.75) is 19.5 Å². The lowest BCUT2D eigenvalue weighted by Gasteiger charge is -2.23. The normalized spacial score (nSPS) is 22.5. The van der Waals surface area contributed by atoms with Crippen molar-refractivity contribution in [2.75, 3.05) is 13.6 Å². The Kier molecular flexibility index (Phi) is 4.39. The fourth-order valence-corrected chi connectivity index (χ4v) is 2.40. The first-order valence-corrected chi connectivity index (χ1v) is 6.54. The number of halogens is 2. The fourth-order valence-electron chi connectivity index (χ4n) is 2.17. The van der Waals surface area contributed by atoms with Crippen LogP contribution in [-0.4, -0.2) is 30.4 Å². The maximum absolute atomic E-state index is 13.0. The van der Waals surface area contributed by atoms with Crippen LogP contribution in [0.2, 0.25) is 5.02 Å². The van der Waals surface area contributed by atoms with Gasteiger partial charge >= 0.3 is 0 Å². The number of hydrogen-bond acceptors (Lipinski definition) is 3. The van der Waals surface area contributed by atoms with Gasteiger partial charge in [-0.15, -0.1) is 0 Å². The number of benzene rings is 1. The van der Waals surface area contributed by atoms with Gasteiger partial charge in [-0.3, -0.25) is 15.6 Å². The van der Waals surface area contributed by atoms with Crippen LogP contribution in [0.5, 0.6) is 0 Å². The van der Waals surface area contributed by atoms with Crippen LogP contribution in [0, 0.1) is 11.7 Å². The van der Waals surface area contributed by atoms with E-state index in [-0.39, 0.29) is 23.7 Å². The third-order valence-corrected chi connectivity index (χ3v) is 3.72. The minimum atomic E-state index is -0.374. The molecule has 0 bridgehead atoms. The average molecular weight is 286 g/mol. The van der Waals surface area contributed by atoms with Crippen molar-refractivity contribution in [3.8, 4) is 0 Å². The van der Waals surface area contributed by atoms with E-state index in [0.717, 1.165) is 5.56 Å². The van der Waals surface area contributed by atoms with Gasteiger partial charge in [0, 0.05) is 31.2 Å². The molecule has 19 heavy (non-hydrogen) atoms. The highest BCUT2D eigenvalue weighted by Crippen LogP contribution is 2.20. The summed E-state index contributed by atoms with van der Waals surface area (Å²) in [5.41, 5.74) is 6.72. The van der Waals surface area contributed by atoms with E-state index in [1.807, 2.05) is 6.92 Å². The Balaban J connectivity index is 2.04. The molecule has 2 rings (SSSR count). The third-order valence-electron chi connectivity index (χ3n) is 3.37. The highest BCUT2D eigenvalue weighted by atomic mass is 35.5. The lowest BCUT2D eigenvalue weighted by molar-refractivity contribution is -0.134. The molecule has 6 heteroatoms. The summed E-state index contributed by atoms with van der Waals surface area (Å²) in [6.07, 6.45) is 0. The molecule has 1 aliphatic heterocycles. The van der Waals surface area contributed by atoms with Gasteiger partial charge in [-0.1, -0.05) is 17.7 Å². The van der Waals surface area contributed by atoms with E-state index in [1.165, 1.54) is 12.1 Å². The number of nitrogens with one attached hydrogen (secondary N) is 2. The minimum Gasteiger partial charge on any atom is -0.341 e. The molecule has 0 spiro atoms. The molecule has 104 valence electrons. The van der Waals surface area contributed by atoms with Gasteiger partial charge in [0.2, 0.25) is 5.91 Å². The number of amides is 1. The Morgan fingerprint density at radius 2 is 2.32 bits per heavy atom. The second kappa shape index (κ2) is 5.86. The summed E-state index contributed by atoms with van der Waals surface area (Å²) in [5, 5.41) is 0.343. The number of rotatable bonds is 3. The van der Waals surface area contributed by atoms with E-state index >= 15 is 0 Å². The van der Waals surface area contributed by atoms with E-state index in [2.05, 4.69) is 10.9 Å². The Hall–Kier alpha value is -1.17. The summed E-state index contributed by atoms with van der Waals surface area (Å²) < 4.78 is 13.0. The summed E-state index contributed by atoms with van der Waals surface area (Å²) in [6.45, 7) is 2.95. The van der Waals surface area contributed by atoms with Crippen LogP contribution in [0.1, 0.15) is 12.5 Å². The van der Waals surface area contributed by atoms with E-state index in [4.69, 9.17) is 11.6 Å². The quantitative estimate of drug-likeness (QED) is 0.886. The molecule has 2 unspecified atom stereocenters. The summed E-state index contributed by atoms with van der Waals surface area (Å²) >= 11 is 5.96. The number of nitrogens with zero attached hydrogens (tertiary/aromatic N) is 1.